The van der Waals surface area contributed by atoms with E-state index in [9.17, 15) is 8.42 Å². The van der Waals surface area contributed by atoms with Crippen molar-refractivity contribution in [2.45, 2.75) is 31.6 Å². The van der Waals surface area contributed by atoms with Gasteiger partial charge in [0.2, 0.25) is 0 Å². The summed E-state index contributed by atoms with van der Waals surface area (Å²) < 4.78 is 27.7. The smallest absolute Gasteiger partial charge is 0.265 e. The Balaban J connectivity index is 2.49. The van der Waals surface area contributed by atoms with Gasteiger partial charge < -0.3 is 5.73 Å². The molecule has 0 aliphatic carbocycles. The second-order valence-corrected chi connectivity index (χ2v) is 6.33. The molecule has 5 nitrogen and oxygen atoms in total. The lowest BCUT2D eigenvalue weighted by molar-refractivity contribution is 0.601. The van der Waals surface area contributed by atoms with Crippen LogP contribution in [0.4, 0.5) is 11.4 Å². The SMILES string of the molecule is CCc1cccc(CC)c1NS(=O)(=O)c1cnccc1N. The molecule has 6 heteroatoms. The van der Waals surface area contributed by atoms with Crippen molar-refractivity contribution in [3.63, 3.8) is 0 Å². The van der Waals surface area contributed by atoms with Gasteiger partial charge in [-0.3, -0.25) is 9.71 Å². The van der Waals surface area contributed by atoms with E-state index in [0.717, 1.165) is 24.0 Å². The zero-order valence-electron chi connectivity index (χ0n) is 12.1. The fourth-order valence-corrected chi connectivity index (χ4v) is 3.40. The van der Waals surface area contributed by atoms with Gasteiger partial charge in [-0.05, 0) is 30.0 Å². The number of aromatic nitrogens is 1. The zero-order valence-corrected chi connectivity index (χ0v) is 12.9. The van der Waals surface area contributed by atoms with Gasteiger partial charge in [-0.25, -0.2) is 8.42 Å². The number of para-hydroxylation sites is 1. The van der Waals surface area contributed by atoms with Crippen LogP contribution >= 0.6 is 0 Å². The van der Waals surface area contributed by atoms with Crippen molar-refractivity contribution in [1.29, 1.82) is 0 Å². The minimum Gasteiger partial charge on any atom is -0.398 e. The fraction of sp³-hybridized carbons (Fsp3) is 0.267. The van der Waals surface area contributed by atoms with Crippen LogP contribution in [0.2, 0.25) is 0 Å². The Morgan fingerprint density at radius 1 is 1.14 bits per heavy atom. The summed E-state index contributed by atoms with van der Waals surface area (Å²) in [5.74, 6) is 0. The number of nitrogens with two attached hydrogens (primary N) is 1. The van der Waals surface area contributed by atoms with Crippen LogP contribution in [0.3, 0.4) is 0 Å². The van der Waals surface area contributed by atoms with Crippen molar-refractivity contribution in [3.05, 3.63) is 47.8 Å². The van der Waals surface area contributed by atoms with Crippen LogP contribution in [-0.4, -0.2) is 13.4 Å². The Hall–Kier alpha value is -2.08. The zero-order chi connectivity index (χ0) is 15.5. The molecule has 3 N–H and O–H groups in total. The van der Waals surface area contributed by atoms with Crippen LogP contribution in [0, 0.1) is 0 Å². The van der Waals surface area contributed by atoms with E-state index >= 15 is 0 Å². The molecule has 0 amide bonds. The normalized spacial score (nSPS) is 11.3. The molecule has 0 unspecified atom stereocenters. The molecule has 21 heavy (non-hydrogen) atoms. The molecule has 0 aliphatic rings. The number of rotatable bonds is 5. The number of anilines is 2. The van der Waals surface area contributed by atoms with Gasteiger partial charge in [-0.1, -0.05) is 32.0 Å². The summed E-state index contributed by atoms with van der Waals surface area (Å²) in [6, 6.07) is 7.25. The summed E-state index contributed by atoms with van der Waals surface area (Å²) in [4.78, 5) is 3.84. The maximum Gasteiger partial charge on any atom is 0.265 e. The van der Waals surface area contributed by atoms with Gasteiger partial charge in [0.15, 0.2) is 0 Å². The summed E-state index contributed by atoms with van der Waals surface area (Å²) in [5.41, 5.74) is 8.49. The Bertz CT molecular complexity index is 720. The molecule has 0 radical (unpaired) electrons. The third kappa shape index (κ3) is 3.16. The van der Waals surface area contributed by atoms with E-state index in [1.54, 1.807) is 0 Å². The van der Waals surface area contributed by atoms with Gasteiger partial charge in [-0.2, -0.15) is 0 Å². The first kappa shape index (κ1) is 15.3. The molecule has 0 atom stereocenters. The largest absolute Gasteiger partial charge is 0.398 e. The molecule has 0 spiro atoms. The molecule has 0 aliphatic heterocycles. The van der Waals surface area contributed by atoms with Crippen molar-refractivity contribution >= 4 is 21.4 Å². The lowest BCUT2D eigenvalue weighted by Crippen LogP contribution is -2.17. The van der Waals surface area contributed by atoms with Crippen LogP contribution in [0.25, 0.3) is 0 Å². The quantitative estimate of drug-likeness (QED) is 0.889. The van der Waals surface area contributed by atoms with Crippen molar-refractivity contribution in [2.24, 2.45) is 0 Å². The molecule has 0 fully saturated rings. The average molecular weight is 305 g/mol. The van der Waals surface area contributed by atoms with Crippen LogP contribution in [0.1, 0.15) is 25.0 Å². The minimum absolute atomic E-state index is 0.00189. The maximum absolute atomic E-state index is 12.5. The highest BCUT2D eigenvalue weighted by Crippen LogP contribution is 2.27. The minimum atomic E-state index is -3.75. The summed E-state index contributed by atoms with van der Waals surface area (Å²) >= 11 is 0. The summed E-state index contributed by atoms with van der Waals surface area (Å²) in [7, 11) is -3.75. The first-order valence-electron chi connectivity index (χ1n) is 6.82. The van der Waals surface area contributed by atoms with Gasteiger partial charge >= 0.3 is 0 Å². The van der Waals surface area contributed by atoms with Crippen molar-refractivity contribution in [1.82, 2.24) is 4.98 Å². The average Bonchev–Trinajstić information content (AvgIpc) is 2.47. The molecule has 2 rings (SSSR count). The number of benzene rings is 1. The van der Waals surface area contributed by atoms with Gasteiger partial charge in [0.1, 0.15) is 4.90 Å². The molecule has 1 heterocycles. The van der Waals surface area contributed by atoms with E-state index < -0.39 is 10.0 Å². The Labute approximate surface area is 125 Å². The predicted octanol–water partition coefficient (Wildman–Crippen LogP) is 2.59. The fourth-order valence-electron chi connectivity index (χ4n) is 2.18. The number of sulfonamides is 1. The Morgan fingerprint density at radius 2 is 1.76 bits per heavy atom. The third-order valence-electron chi connectivity index (χ3n) is 3.34. The first-order chi connectivity index (χ1) is 9.99. The third-order valence-corrected chi connectivity index (χ3v) is 4.73. The Morgan fingerprint density at radius 3 is 2.29 bits per heavy atom. The monoisotopic (exact) mass is 305 g/mol. The second-order valence-electron chi connectivity index (χ2n) is 4.68. The number of hydrogen-bond acceptors (Lipinski definition) is 4. The highest BCUT2D eigenvalue weighted by atomic mass is 32.2. The van der Waals surface area contributed by atoms with Crippen LogP contribution in [-0.2, 0) is 22.9 Å². The van der Waals surface area contributed by atoms with Crippen molar-refractivity contribution in [3.8, 4) is 0 Å². The van der Waals surface area contributed by atoms with Gasteiger partial charge in [-0.15, -0.1) is 0 Å². The predicted molar refractivity (Wildman–Crippen MR) is 84.7 cm³/mol. The summed E-state index contributed by atoms with van der Waals surface area (Å²) in [5, 5.41) is 0. The number of nitrogens with one attached hydrogen (secondary N) is 1. The number of pyridine rings is 1. The molecule has 1 aromatic heterocycles. The highest BCUT2D eigenvalue weighted by Gasteiger charge is 2.20. The van der Waals surface area contributed by atoms with Gasteiger partial charge in [0.25, 0.3) is 10.0 Å². The lowest BCUT2D eigenvalue weighted by atomic mass is 10.0. The number of aryl methyl sites for hydroxylation is 2. The summed E-state index contributed by atoms with van der Waals surface area (Å²) in [6.07, 6.45) is 4.21. The lowest BCUT2D eigenvalue weighted by Gasteiger charge is -2.16. The van der Waals surface area contributed by atoms with E-state index in [-0.39, 0.29) is 10.6 Å². The first-order valence-corrected chi connectivity index (χ1v) is 8.31. The van der Waals surface area contributed by atoms with E-state index in [0.29, 0.717) is 5.69 Å². The van der Waals surface area contributed by atoms with Crippen LogP contribution < -0.4 is 10.5 Å². The molecule has 2 aromatic rings. The molecule has 112 valence electrons. The maximum atomic E-state index is 12.5. The van der Waals surface area contributed by atoms with Crippen LogP contribution in [0.5, 0.6) is 0 Å². The molecule has 0 saturated heterocycles. The molecule has 0 saturated carbocycles. The molecule has 0 bridgehead atoms. The van der Waals surface area contributed by atoms with Gasteiger partial charge in [0, 0.05) is 12.4 Å². The van der Waals surface area contributed by atoms with E-state index in [4.69, 9.17) is 5.73 Å². The van der Waals surface area contributed by atoms with Crippen LogP contribution in [0.15, 0.2) is 41.6 Å². The standard InChI is InChI=1S/C15H19N3O2S/c1-3-11-6-5-7-12(4-2)15(11)18-21(19,20)14-10-17-9-8-13(14)16/h5-10,18H,3-4H2,1-2H3,(H2,16,17). The van der Waals surface area contributed by atoms with Crippen molar-refractivity contribution < 1.29 is 8.42 Å². The van der Waals surface area contributed by atoms with E-state index in [1.807, 2.05) is 32.0 Å². The van der Waals surface area contributed by atoms with E-state index in [1.165, 1.54) is 18.5 Å². The number of hydrogen-bond donors (Lipinski definition) is 2. The second kappa shape index (κ2) is 6.13. The van der Waals surface area contributed by atoms with E-state index in [2.05, 4.69) is 9.71 Å². The topological polar surface area (TPSA) is 85.1 Å². The molecule has 1 aromatic carbocycles. The van der Waals surface area contributed by atoms with Gasteiger partial charge in [0.05, 0.1) is 11.4 Å². The Kier molecular flexibility index (Phi) is 4.47. The molecular weight excluding hydrogens is 286 g/mol. The highest BCUT2D eigenvalue weighted by molar-refractivity contribution is 7.92. The molecular formula is C15H19N3O2S. The number of nitrogen functional groups attached to an aromatic ring is 1. The van der Waals surface area contributed by atoms with Crippen molar-refractivity contribution in [2.75, 3.05) is 10.5 Å². The summed E-state index contributed by atoms with van der Waals surface area (Å²) in [6.45, 7) is 3.98. The number of nitrogens with zero attached hydrogens (tertiary/aromatic N) is 1.